The van der Waals surface area contributed by atoms with Gasteiger partial charge in [-0.1, -0.05) is 24.0 Å². The number of halogens is 1. The fraction of sp³-hybridized carbons (Fsp3) is 0.267. The predicted molar refractivity (Wildman–Crippen MR) is 158 cm³/mol. The smallest absolute Gasteiger partial charge is 0.373 e. The number of fused-ring (bicyclic) bond motifs is 2. The Kier molecular flexibility index (Phi) is 6.81. The highest BCUT2D eigenvalue weighted by Crippen LogP contribution is 2.45. The monoisotopic (exact) mass is 641 g/mol. The molecule has 4 heterocycles. The Bertz CT molecular complexity index is 1930. The first-order chi connectivity index (χ1) is 20.4. The Hall–Kier alpha value is -4.96. The van der Waals surface area contributed by atoms with Gasteiger partial charge in [0, 0.05) is 30.3 Å². The summed E-state index contributed by atoms with van der Waals surface area (Å²) in [6, 6.07) is 7.60. The van der Waals surface area contributed by atoms with Crippen molar-refractivity contribution in [2.75, 3.05) is 5.32 Å². The molecule has 3 aromatic heterocycles. The molecule has 0 radical (unpaired) electrons. The van der Waals surface area contributed by atoms with Crippen molar-refractivity contribution in [2.24, 2.45) is 5.41 Å². The number of Topliss-reactive ketones (excluding diaryl/α,β-unsaturated/α-hetero) is 1. The minimum absolute atomic E-state index is 0.174. The lowest BCUT2D eigenvalue weighted by Crippen LogP contribution is -2.50. The first-order valence-electron chi connectivity index (χ1n) is 13.3. The lowest BCUT2D eigenvalue weighted by atomic mass is 9.76. The molecule has 1 aliphatic heterocycles. The number of hydrogen-bond acceptors (Lipinski definition) is 8. The molecule has 2 amide bonds. The molecule has 3 atom stereocenters. The number of pyridine rings is 1. The van der Waals surface area contributed by atoms with Gasteiger partial charge in [-0.3, -0.25) is 19.1 Å². The van der Waals surface area contributed by atoms with E-state index in [2.05, 4.69) is 53.1 Å². The van der Waals surface area contributed by atoms with Gasteiger partial charge < -0.3 is 15.3 Å². The van der Waals surface area contributed by atoms with E-state index in [0.717, 1.165) is 5.56 Å². The molecular weight excluding hydrogens is 618 g/mol. The molecule has 1 fully saturated rings. The maximum Gasteiger partial charge on any atom is 0.373 e. The van der Waals surface area contributed by atoms with E-state index in [1.165, 1.54) is 28.9 Å². The van der Waals surface area contributed by atoms with Crippen molar-refractivity contribution in [1.29, 1.82) is 0 Å². The minimum atomic E-state index is -1.24. The number of likely N-dealkylation sites (tertiary alicyclic amines) is 1. The first-order valence-corrected chi connectivity index (χ1v) is 14.1. The first kappa shape index (κ1) is 28.2. The highest BCUT2D eigenvalue weighted by atomic mass is 79.9. The summed E-state index contributed by atoms with van der Waals surface area (Å²) in [5.41, 5.74) is 2.18. The third kappa shape index (κ3) is 4.93. The number of aromatic nitrogens is 5. The van der Waals surface area contributed by atoms with Crippen LogP contribution in [-0.4, -0.2) is 70.4 Å². The van der Waals surface area contributed by atoms with Gasteiger partial charge in [-0.15, -0.1) is 0 Å². The van der Waals surface area contributed by atoms with Crippen LogP contribution in [-0.2, 0) is 16.1 Å². The Balaban J connectivity index is 1.30. The molecule has 216 valence electrons. The number of carboxylic acids is 1. The van der Waals surface area contributed by atoms with Crippen molar-refractivity contribution < 1.29 is 24.3 Å². The van der Waals surface area contributed by atoms with Crippen LogP contribution < -0.4 is 5.32 Å². The van der Waals surface area contributed by atoms with Gasteiger partial charge in [-0.2, -0.15) is 5.10 Å². The Labute approximate surface area is 253 Å². The molecule has 1 aliphatic carbocycles. The van der Waals surface area contributed by atoms with E-state index in [-0.39, 0.29) is 35.7 Å². The second kappa shape index (κ2) is 10.4. The number of anilines is 1. The van der Waals surface area contributed by atoms with E-state index in [1.807, 2.05) is 19.9 Å². The van der Waals surface area contributed by atoms with Gasteiger partial charge in [0.15, 0.2) is 5.78 Å². The lowest BCUT2D eigenvalue weighted by molar-refractivity contribution is -0.138. The molecule has 43 heavy (non-hydrogen) atoms. The van der Waals surface area contributed by atoms with Gasteiger partial charge in [-0.25, -0.2) is 19.7 Å². The Morgan fingerprint density at radius 2 is 1.88 bits per heavy atom. The van der Waals surface area contributed by atoms with Crippen molar-refractivity contribution in [1.82, 2.24) is 29.6 Å². The van der Waals surface area contributed by atoms with Gasteiger partial charge >= 0.3 is 5.97 Å². The van der Waals surface area contributed by atoms with Crippen LogP contribution in [0.15, 0.2) is 47.3 Å². The maximum atomic E-state index is 13.9. The quantitative estimate of drug-likeness (QED) is 0.175. The Morgan fingerprint density at radius 3 is 2.53 bits per heavy atom. The van der Waals surface area contributed by atoms with Gasteiger partial charge in [0.05, 0.1) is 10.9 Å². The number of ketones is 1. The summed E-state index contributed by atoms with van der Waals surface area (Å²) in [7, 11) is 0. The number of amides is 2. The molecule has 6 rings (SSSR count). The van der Waals surface area contributed by atoms with Crippen LogP contribution >= 0.6 is 15.9 Å². The van der Waals surface area contributed by atoms with Crippen LogP contribution in [0.5, 0.6) is 0 Å². The number of rotatable bonds is 7. The molecule has 0 bridgehead atoms. The molecule has 2 aliphatic rings. The summed E-state index contributed by atoms with van der Waals surface area (Å²) in [6.45, 7) is 4.95. The minimum Gasteiger partial charge on any atom is -0.475 e. The highest BCUT2D eigenvalue weighted by Gasteiger charge is 2.56. The summed E-state index contributed by atoms with van der Waals surface area (Å²) in [4.78, 5) is 64.7. The molecule has 1 saturated heterocycles. The molecule has 12 nitrogen and oxygen atoms in total. The summed E-state index contributed by atoms with van der Waals surface area (Å²) in [5.74, 6) is 4.00. The molecular formula is C30H24BrN7O5. The van der Waals surface area contributed by atoms with Crippen LogP contribution in [0, 0.1) is 24.2 Å². The number of benzene rings is 1. The fourth-order valence-electron chi connectivity index (χ4n) is 5.51. The number of hydrogen-bond donors (Lipinski definition) is 2. The van der Waals surface area contributed by atoms with Crippen molar-refractivity contribution in [3.8, 4) is 23.0 Å². The van der Waals surface area contributed by atoms with Crippen molar-refractivity contribution in [3.63, 3.8) is 0 Å². The number of nitrogens with zero attached hydrogens (tertiary/aromatic N) is 6. The molecule has 0 spiro atoms. The van der Waals surface area contributed by atoms with E-state index >= 15 is 0 Å². The number of carbonyl (C=O) groups excluding carboxylic acids is 3. The van der Waals surface area contributed by atoms with Gasteiger partial charge in [0.2, 0.25) is 17.6 Å². The van der Waals surface area contributed by atoms with E-state index < -0.39 is 23.5 Å². The van der Waals surface area contributed by atoms with Crippen LogP contribution in [0.1, 0.15) is 46.9 Å². The number of aromatic carboxylic acids is 1. The van der Waals surface area contributed by atoms with Crippen LogP contribution in [0.3, 0.4) is 0 Å². The molecule has 2 N–H and O–H groups in total. The van der Waals surface area contributed by atoms with E-state index in [0.29, 0.717) is 38.9 Å². The number of carbonyl (C=O) groups is 4. The predicted octanol–water partition coefficient (Wildman–Crippen LogP) is 3.49. The van der Waals surface area contributed by atoms with Crippen LogP contribution in [0.2, 0.25) is 0 Å². The zero-order valence-corrected chi connectivity index (χ0v) is 24.8. The number of aryl methyl sites for hydroxylation is 1. The largest absolute Gasteiger partial charge is 0.475 e. The zero-order chi connectivity index (χ0) is 30.6. The average molecular weight is 642 g/mol. The van der Waals surface area contributed by atoms with Gasteiger partial charge in [0.1, 0.15) is 34.7 Å². The average Bonchev–Trinajstić information content (AvgIpc) is 3.43. The van der Waals surface area contributed by atoms with Crippen molar-refractivity contribution >= 4 is 56.2 Å². The summed E-state index contributed by atoms with van der Waals surface area (Å²) >= 11 is 3.33. The highest BCUT2D eigenvalue weighted by molar-refractivity contribution is 9.10. The third-order valence-corrected chi connectivity index (χ3v) is 8.21. The van der Waals surface area contributed by atoms with E-state index in [1.54, 1.807) is 24.3 Å². The number of nitrogens with one attached hydrogen (secondary N) is 1. The molecule has 0 unspecified atom stereocenters. The SMILES string of the molecule is CC(=O)c1nn(CC(=O)N2[C@H](C(=O)Nc3nc(Br)ccc3C)C[C@@]3(C)C#C[C@@H]23)c2ccc(-c3cnc(C(=O)O)nc3)cc12. The van der Waals surface area contributed by atoms with Crippen LogP contribution in [0.25, 0.3) is 22.0 Å². The summed E-state index contributed by atoms with van der Waals surface area (Å²) in [5, 5.41) is 16.9. The maximum absolute atomic E-state index is 13.9. The topological polar surface area (TPSA) is 160 Å². The molecule has 0 saturated carbocycles. The van der Waals surface area contributed by atoms with Gasteiger partial charge in [-0.05, 0) is 65.5 Å². The normalized spacial score (nSPS) is 20.1. The van der Waals surface area contributed by atoms with Crippen molar-refractivity contribution in [2.45, 2.75) is 45.8 Å². The summed E-state index contributed by atoms with van der Waals surface area (Å²) in [6.07, 6.45) is 3.15. The number of carboxylic acid groups (broad SMARTS) is 1. The fourth-order valence-corrected chi connectivity index (χ4v) is 5.82. The van der Waals surface area contributed by atoms with E-state index in [9.17, 15) is 19.2 Å². The van der Waals surface area contributed by atoms with E-state index in [4.69, 9.17) is 5.11 Å². The second-order valence-electron chi connectivity index (χ2n) is 10.8. The summed E-state index contributed by atoms with van der Waals surface area (Å²) < 4.78 is 2.03. The van der Waals surface area contributed by atoms with Gasteiger partial charge in [0.25, 0.3) is 0 Å². The molecule has 4 aromatic rings. The zero-order valence-electron chi connectivity index (χ0n) is 23.3. The second-order valence-corrected chi connectivity index (χ2v) is 11.6. The molecule has 13 heteroatoms. The molecule has 1 aromatic carbocycles. The Morgan fingerprint density at radius 1 is 1.14 bits per heavy atom. The lowest BCUT2D eigenvalue weighted by Gasteiger charge is -2.34. The standard InChI is InChI=1S/C30H24BrN7O5/c1-15-4-7-23(31)34-26(15)35-28(41)21-11-30(3)9-8-22(30)38(21)24(40)14-37-20-6-5-17(10-19(20)25(36-37)16(2)39)18-12-32-27(29(42)43)33-13-18/h4-7,10,12-13,21-22H,11,14H2,1-3H3,(H,42,43)(H,34,35,41)/t21-,22+,30+/m0/s1. The third-order valence-electron chi connectivity index (χ3n) is 7.77. The van der Waals surface area contributed by atoms with Crippen molar-refractivity contribution in [3.05, 3.63) is 64.4 Å². The van der Waals surface area contributed by atoms with Crippen LogP contribution in [0.4, 0.5) is 5.82 Å².